The van der Waals surface area contributed by atoms with Crippen molar-refractivity contribution in [2.45, 2.75) is 18.9 Å². The minimum atomic E-state index is -0.0604. The highest BCUT2D eigenvalue weighted by Crippen LogP contribution is 2.12. The van der Waals surface area contributed by atoms with E-state index >= 15 is 0 Å². The Morgan fingerprint density at radius 1 is 1.09 bits per heavy atom. The molecule has 0 saturated heterocycles. The molecule has 0 heterocycles. The third-order valence-electron chi connectivity index (χ3n) is 3.40. The van der Waals surface area contributed by atoms with Gasteiger partial charge < -0.3 is 10.1 Å². The molecule has 4 heteroatoms. The predicted octanol–water partition coefficient (Wildman–Crippen LogP) is 3.20. The summed E-state index contributed by atoms with van der Waals surface area (Å²) in [5.74, 6) is 1.15. The van der Waals surface area contributed by atoms with Crippen LogP contribution in [0.15, 0.2) is 54.6 Å². The molecule has 22 heavy (non-hydrogen) atoms. The van der Waals surface area contributed by atoms with Crippen molar-refractivity contribution >= 4 is 17.5 Å². The third kappa shape index (κ3) is 5.08. The van der Waals surface area contributed by atoms with Gasteiger partial charge in [-0.05, 0) is 29.7 Å². The summed E-state index contributed by atoms with van der Waals surface area (Å²) >= 11 is 5.97. The fourth-order valence-electron chi connectivity index (χ4n) is 2.25. The second-order valence-electron chi connectivity index (χ2n) is 5.13. The van der Waals surface area contributed by atoms with Gasteiger partial charge >= 0.3 is 0 Å². The van der Waals surface area contributed by atoms with Gasteiger partial charge in [0.2, 0.25) is 5.91 Å². The first-order valence-corrected chi connectivity index (χ1v) is 7.77. The maximum atomic E-state index is 12.1. The Bertz CT molecular complexity index is 584. The lowest BCUT2D eigenvalue weighted by atomic mass is 10.1. The van der Waals surface area contributed by atoms with Crippen LogP contribution in [-0.4, -0.2) is 24.9 Å². The highest BCUT2D eigenvalue weighted by Gasteiger charge is 2.12. The zero-order valence-electron chi connectivity index (χ0n) is 12.6. The zero-order valence-corrected chi connectivity index (χ0v) is 13.3. The van der Waals surface area contributed by atoms with Gasteiger partial charge in [0.15, 0.2) is 0 Å². The largest absolute Gasteiger partial charge is 0.497 e. The summed E-state index contributed by atoms with van der Waals surface area (Å²) in [7, 11) is 1.62. The lowest BCUT2D eigenvalue weighted by Crippen LogP contribution is -2.38. The van der Waals surface area contributed by atoms with Crippen molar-refractivity contribution in [1.82, 2.24) is 5.32 Å². The van der Waals surface area contributed by atoms with Crippen molar-refractivity contribution in [1.29, 1.82) is 0 Å². The highest BCUT2D eigenvalue weighted by atomic mass is 35.5. The number of methoxy groups -OCH3 is 1. The molecule has 0 unspecified atom stereocenters. The molecule has 1 N–H and O–H groups in total. The molecule has 0 aliphatic heterocycles. The van der Waals surface area contributed by atoms with E-state index in [9.17, 15) is 4.79 Å². The topological polar surface area (TPSA) is 38.3 Å². The monoisotopic (exact) mass is 317 g/mol. The van der Waals surface area contributed by atoms with E-state index in [1.165, 1.54) is 0 Å². The fourth-order valence-corrected chi connectivity index (χ4v) is 2.44. The van der Waals surface area contributed by atoms with E-state index in [0.717, 1.165) is 23.3 Å². The Kier molecular flexibility index (Phi) is 6.28. The van der Waals surface area contributed by atoms with Gasteiger partial charge in [-0.3, -0.25) is 4.79 Å². The summed E-state index contributed by atoms with van der Waals surface area (Å²) in [4.78, 5) is 12.1. The number of halogens is 1. The van der Waals surface area contributed by atoms with Gasteiger partial charge in [-0.25, -0.2) is 0 Å². The number of ether oxygens (including phenoxy) is 1. The molecule has 0 aromatic heterocycles. The van der Waals surface area contributed by atoms with Crippen LogP contribution in [0.3, 0.4) is 0 Å². The quantitative estimate of drug-likeness (QED) is 0.796. The van der Waals surface area contributed by atoms with Gasteiger partial charge in [0.05, 0.1) is 13.5 Å². The maximum Gasteiger partial charge on any atom is 0.224 e. The van der Waals surface area contributed by atoms with Crippen LogP contribution in [0.1, 0.15) is 11.1 Å². The predicted molar refractivity (Wildman–Crippen MR) is 89.5 cm³/mol. The lowest BCUT2D eigenvalue weighted by Gasteiger charge is -2.16. The average molecular weight is 318 g/mol. The third-order valence-corrected chi connectivity index (χ3v) is 3.77. The number of hydrogen-bond acceptors (Lipinski definition) is 2. The minimum Gasteiger partial charge on any atom is -0.497 e. The maximum absolute atomic E-state index is 12.1. The van der Waals surface area contributed by atoms with Crippen LogP contribution in [0.25, 0.3) is 0 Å². The van der Waals surface area contributed by atoms with Crippen LogP contribution in [0.5, 0.6) is 5.75 Å². The van der Waals surface area contributed by atoms with Gasteiger partial charge in [-0.15, -0.1) is 11.6 Å². The van der Waals surface area contributed by atoms with Crippen molar-refractivity contribution in [2.75, 3.05) is 13.0 Å². The summed E-state index contributed by atoms with van der Waals surface area (Å²) < 4.78 is 5.10. The van der Waals surface area contributed by atoms with E-state index in [1.54, 1.807) is 7.11 Å². The van der Waals surface area contributed by atoms with Crippen molar-refractivity contribution in [3.05, 3.63) is 65.7 Å². The Balaban J connectivity index is 1.88. The molecular weight excluding hydrogens is 298 g/mol. The molecule has 3 nitrogen and oxygen atoms in total. The van der Waals surface area contributed by atoms with Gasteiger partial charge in [-0.1, -0.05) is 42.5 Å². The van der Waals surface area contributed by atoms with Crippen LogP contribution in [0.2, 0.25) is 0 Å². The number of hydrogen-bond donors (Lipinski definition) is 1. The number of carbonyl (C=O) groups is 1. The van der Waals surface area contributed by atoms with E-state index in [4.69, 9.17) is 16.3 Å². The van der Waals surface area contributed by atoms with Gasteiger partial charge in [-0.2, -0.15) is 0 Å². The molecule has 1 atom stereocenters. The number of amides is 1. The summed E-state index contributed by atoms with van der Waals surface area (Å²) in [6.45, 7) is 0. The summed E-state index contributed by atoms with van der Waals surface area (Å²) in [5, 5.41) is 2.99. The van der Waals surface area contributed by atoms with E-state index in [0.29, 0.717) is 12.3 Å². The fraction of sp³-hybridized carbons (Fsp3) is 0.278. The highest BCUT2D eigenvalue weighted by molar-refractivity contribution is 6.18. The summed E-state index contributed by atoms with van der Waals surface area (Å²) in [6, 6.07) is 17.5. The van der Waals surface area contributed by atoms with E-state index in [1.807, 2.05) is 54.6 Å². The normalized spacial score (nSPS) is 11.7. The number of rotatable bonds is 7. The van der Waals surface area contributed by atoms with Crippen molar-refractivity contribution in [3.8, 4) is 5.75 Å². The second-order valence-corrected chi connectivity index (χ2v) is 5.44. The molecule has 1 amide bonds. The number of carbonyl (C=O) groups excluding carboxylic acids is 1. The molecule has 2 aromatic carbocycles. The molecule has 2 aromatic rings. The second kappa shape index (κ2) is 8.44. The van der Waals surface area contributed by atoms with E-state index < -0.39 is 0 Å². The molecule has 2 rings (SSSR count). The Labute approximate surface area is 136 Å². The molecule has 116 valence electrons. The van der Waals surface area contributed by atoms with Crippen molar-refractivity contribution in [3.63, 3.8) is 0 Å². The number of benzene rings is 2. The standard InChI is InChI=1S/C18H20ClNO2/c1-22-17-9-7-15(8-10-17)12-18(21)20-16(13-19)11-14-5-3-2-4-6-14/h2-10,16H,11-13H2,1H3,(H,20,21)/t16-/m0/s1. The van der Waals surface area contributed by atoms with E-state index in [2.05, 4.69) is 5.32 Å². The zero-order chi connectivity index (χ0) is 15.8. The Hall–Kier alpha value is -2.00. The van der Waals surface area contributed by atoms with Gasteiger partial charge in [0.1, 0.15) is 5.75 Å². The number of nitrogens with one attached hydrogen (secondary N) is 1. The van der Waals surface area contributed by atoms with Crippen molar-refractivity contribution < 1.29 is 9.53 Å². The lowest BCUT2D eigenvalue weighted by molar-refractivity contribution is -0.121. The van der Waals surface area contributed by atoms with Crippen molar-refractivity contribution in [2.24, 2.45) is 0 Å². The molecule has 0 saturated carbocycles. The Morgan fingerprint density at radius 3 is 2.36 bits per heavy atom. The van der Waals surface area contributed by atoms with Gasteiger partial charge in [0.25, 0.3) is 0 Å². The first-order valence-electron chi connectivity index (χ1n) is 7.23. The molecule has 0 spiro atoms. The summed E-state index contributed by atoms with van der Waals surface area (Å²) in [6.07, 6.45) is 1.07. The molecule has 0 aliphatic carbocycles. The molecule has 0 radical (unpaired) electrons. The van der Waals surface area contributed by atoms with Crippen LogP contribution >= 0.6 is 11.6 Å². The van der Waals surface area contributed by atoms with Gasteiger partial charge in [0, 0.05) is 11.9 Å². The average Bonchev–Trinajstić information content (AvgIpc) is 2.56. The van der Waals surface area contributed by atoms with E-state index in [-0.39, 0.29) is 11.9 Å². The van der Waals surface area contributed by atoms with Crippen LogP contribution in [0, 0.1) is 0 Å². The minimum absolute atomic E-state index is 0.0215. The SMILES string of the molecule is COc1ccc(CC(=O)N[C@H](CCl)Cc2ccccc2)cc1. The van der Waals surface area contributed by atoms with Crippen LogP contribution in [-0.2, 0) is 17.6 Å². The molecule has 0 bridgehead atoms. The first-order chi connectivity index (χ1) is 10.7. The molecular formula is C18H20ClNO2. The Morgan fingerprint density at radius 2 is 1.77 bits per heavy atom. The molecule has 0 fully saturated rings. The van der Waals surface area contributed by atoms with Crippen LogP contribution < -0.4 is 10.1 Å². The summed E-state index contributed by atoms with van der Waals surface area (Å²) in [5.41, 5.74) is 2.12. The smallest absolute Gasteiger partial charge is 0.224 e. The van der Waals surface area contributed by atoms with Crippen LogP contribution in [0.4, 0.5) is 0 Å². The number of alkyl halides is 1. The molecule has 0 aliphatic rings. The first kappa shape index (κ1) is 16.4.